The summed E-state index contributed by atoms with van der Waals surface area (Å²) in [5.41, 5.74) is 2.16. The van der Waals surface area contributed by atoms with E-state index in [-0.39, 0.29) is 22.8 Å². The highest BCUT2D eigenvalue weighted by Gasteiger charge is 2.56. The fourth-order valence-corrected chi connectivity index (χ4v) is 5.29. The van der Waals surface area contributed by atoms with Crippen molar-refractivity contribution in [1.29, 1.82) is 0 Å². The van der Waals surface area contributed by atoms with Gasteiger partial charge >= 0.3 is 0 Å². The highest BCUT2D eigenvalue weighted by atomic mass is 35.5. The molecule has 3 aromatic rings. The van der Waals surface area contributed by atoms with E-state index in [1.807, 2.05) is 65.0 Å². The zero-order chi connectivity index (χ0) is 28.8. The minimum atomic E-state index is -1.32. The van der Waals surface area contributed by atoms with E-state index in [1.54, 1.807) is 42.6 Å². The van der Waals surface area contributed by atoms with Crippen LogP contribution in [0.3, 0.4) is 0 Å². The van der Waals surface area contributed by atoms with Gasteiger partial charge in [0, 0.05) is 16.8 Å². The SMILES string of the molecule is Cc1cccc(C)c1N(C(=O)[C@H]1Oc2ccccc2C(=O)/C1=C\NC(C)(C)C)C(=O)C1(c2ccc(Cl)cc2)CC1. The molecule has 1 aliphatic heterocycles. The molecule has 0 saturated heterocycles. The average molecular weight is 557 g/mol. The van der Waals surface area contributed by atoms with Crippen LogP contribution in [0, 0.1) is 13.8 Å². The molecule has 1 heterocycles. The van der Waals surface area contributed by atoms with E-state index in [4.69, 9.17) is 16.3 Å². The number of para-hydroxylation sites is 2. The summed E-state index contributed by atoms with van der Waals surface area (Å²) in [5.74, 6) is -0.945. The lowest BCUT2D eigenvalue weighted by molar-refractivity contribution is -0.131. The number of imide groups is 1. The van der Waals surface area contributed by atoms with Gasteiger partial charge in [0.15, 0.2) is 5.78 Å². The highest BCUT2D eigenvalue weighted by Crippen LogP contribution is 2.51. The predicted octanol–water partition coefficient (Wildman–Crippen LogP) is 6.46. The second kappa shape index (κ2) is 10.3. The van der Waals surface area contributed by atoms with Crippen molar-refractivity contribution in [2.75, 3.05) is 4.90 Å². The molecule has 1 fully saturated rings. The fourth-order valence-electron chi connectivity index (χ4n) is 5.16. The Balaban J connectivity index is 1.65. The van der Waals surface area contributed by atoms with Crippen molar-refractivity contribution in [3.05, 3.63) is 106 Å². The van der Waals surface area contributed by atoms with E-state index in [0.29, 0.717) is 34.9 Å². The van der Waals surface area contributed by atoms with Crippen LogP contribution in [0.1, 0.15) is 60.7 Å². The number of amides is 2. The zero-order valence-corrected chi connectivity index (χ0v) is 24.1. The highest BCUT2D eigenvalue weighted by molar-refractivity contribution is 6.30. The first-order valence-corrected chi connectivity index (χ1v) is 13.8. The number of halogens is 1. The molecule has 0 unspecified atom stereocenters. The van der Waals surface area contributed by atoms with Gasteiger partial charge in [-0.05, 0) is 88.4 Å². The Morgan fingerprint density at radius 1 is 0.975 bits per heavy atom. The van der Waals surface area contributed by atoms with E-state index < -0.39 is 17.4 Å². The largest absolute Gasteiger partial charge is 0.475 e. The van der Waals surface area contributed by atoms with Gasteiger partial charge in [-0.1, -0.05) is 54.1 Å². The van der Waals surface area contributed by atoms with Gasteiger partial charge in [-0.3, -0.25) is 14.4 Å². The average Bonchev–Trinajstić information content (AvgIpc) is 3.71. The smallest absolute Gasteiger partial charge is 0.279 e. The molecular weight excluding hydrogens is 524 g/mol. The summed E-state index contributed by atoms with van der Waals surface area (Å²) in [6.45, 7) is 9.62. The molecule has 6 nitrogen and oxygen atoms in total. The number of rotatable bonds is 5. The van der Waals surface area contributed by atoms with Gasteiger partial charge in [-0.2, -0.15) is 0 Å². The van der Waals surface area contributed by atoms with Crippen LogP contribution in [0.2, 0.25) is 5.02 Å². The molecule has 1 aliphatic carbocycles. The maximum Gasteiger partial charge on any atom is 0.279 e. The third kappa shape index (κ3) is 5.04. The van der Waals surface area contributed by atoms with Crippen molar-refractivity contribution in [3.63, 3.8) is 0 Å². The summed E-state index contributed by atoms with van der Waals surface area (Å²) in [4.78, 5) is 44.2. The van der Waals surface area contributed by atoms with Crippen molar-refractivity contribution in [2.45, 2.75) is 64.5 Å². The molecule has 3 aromatic carbocycles. The summed E-state index contributed by atoms with van der Waals surface area (Å²) >= 11 is 6.14. The molecular formula is C33H33ClN2O4. The number of fused-ring (bicyclic) bond motifs is 1. The normalized spacial score (nSPS) is 18.5. The van der Waals surface area contributed by atoms with Crippen LogP contribution in [-0.2, 0) is 15.0 Å². The Hall–Kier alpha value is -3.90. The Morgan fingerprint density at radius 3 is 2.20 bits per heavy atom. The van der Waals surface area contributed by atoms with Gasteiger partial charge in [0.25, 0.3) is 5.91 Å². The number of nitrogens with zero attached hydrogens (tertiary/aromatic N) is 1. The number of hydrogen-bond donors (Lipinski definition) is 1. The van der Waals surface area contributed by atoms with Crippen LogP contribution in [0.4, 0.5) is 5.69 Å². The molecule has 0 aromatic heterocycles. The van der Waals surface area contributed by atoms with E-state index in [1.165, 1.54) is 4.90 Å². The number of aryl methyl sites for hydroxylation is 2. The van der Waals surface area contributed by atoms with Crippen LogP contribution in [0.5, 0.6) is 5.75 Å². The second-order valence-corrected chi connectivity index (χ2v) is 12.1. The van der Waals surface area contributed by atoms with Crippen LogP contribution < -0.4 is 15.0 Å². The Bertz CT molecular complexity index is 1510. The van der Waals surface area contributed by atoms with Crippen LogP contribution >= 0.6 is 11.6 Å². The molecule has 1 N–H and O–H groups in total. The predicted molar refractivity (Wildman–Crippen MR) is 157 cm³/mol. The van der Waals surface area contributed by atoms with Crippen LogP contribution in [0.15, 0.2) is 78.5 Å². The number of ketones is 1. The lowest BCUT2D eigenvalue weighted by atomic mass is 9.91. The molecule has 2 amide bonds. The van der Waals surface area contributed by atoms with Gasteiger partial charge in [0.05, 0.1) is 22.2 Å². The summed E-state index contributed by atoms with van der Waals surface area (Å²) in [6, 6.07) is 19.7. The first-order chi connectivity index (χ1) is 18.9. The first-order valence-electron chi connectivity index (χ1n) is 13.4. The lowest BCUT2D eigenvalue weighted by Crippen LogP contribution is -2.52. The molecule has 5 rings (SSSR count). The lowest BCUT2D eigenvalue weighted by Gasteiger charge is -2.34. The number of anilines is 1. The number of benzene rings is 3. The number of carbonyl (C=O) groups excluding carboxylic acids is 3. The van der Waals surface area contributed by atoms with Gasteiger partial charge in [-0.25, -0.2) is 4.90 Å². The minimum absolute atomic E-state index is 0.152. The summed E-state index contributed by atoms with van der Waals surface area (Å²) in [6.07, 6.45) is 1.44. The standard InChI is InChI=1S/C33H33ClN2O4/c1-20-9-8-10-21(2)27(20)36(31(39)33(17-18-33)22-13-15-23(34)16-14-22)30(38)29-25(19-35-32(3,4)5)28(37)24-11-6-7-12-26(24)40-29/h6-16,19,29,35H,17-18H2,1-5H3/b25-19+/t29-/m0/s1. The number of carbonyl (C=O) groups is 3. The van der Waals surface area contributed by atoms with Crippen molar-refractivity contribution < 1.29 is 19.1 Å². The molecule has 1 saturated carbocycles. The van der Waals surface area contributed by atoms with Gasteiger partial charge in [-0.15, -0.1) is 0 Å². The van der Waals surface area contributed by atoms with Crippen molar-refractivity contribution >= 4 is 34.9 Å². The third-order valence-corrected chi connectivity index (χ3v) is 7.70. The van der Waals surface area contributed by atoms with Crippen molar-refractivity contribution in [1.82, 2.24) is 5.32 Å². The van der Waals surface area contributed by atoms with Gasteiger partial charge in [0.2, 0.25) is 12.0 Å². The first kappa shape index (κ1) is 27.7. The maximum absolute atomic E-state index is 14.6. The monoisotopic (exact) mass is 556 g/mol. The van der Waals surface area contributed by atoms with Crippen molar-refractivity contribution in [3.8, 4) is 5.75 Å². The molecule has 0 bridgehead atoms. The van der Waals surface area contributed by atoms with Crippen LogP contribution in [0.25, 0.3) is 0 Å². The van der Waals surface area contributed by atoms with Gasteiger partial charge in [0.1, 0.15) is 5.75 Å². The van der Waals surface area contributed by atoms with Gasteiger partial charge < -0.3 is 10.1 Å². The zero-order valence-electron chi connectivity index (χ0n) is 23.4. The number of nitrogens with one attached hydrogen (secondary N) is 1. The van der Waals surface area contributed by atoms with E-state index in [9.17, 15) is 14.4 Å². The molecule has 7 heteroatoms. The quantitative estimate of drug-likeness (QED) is 0.288. The maximum atomic E-state index is 14.6. The Kier molecular flexibility index (Phi) is 7.09. The van der Waals surface area contributed by atoms with E-state index >= 15 is 0 Å². The molecule has 0 radical (unpaired) electrons. The third-order valence-electron chi connectivity index (χ3n) is 7.45. The summed E-state index contributed by atoms with van der Waals surface area (Å²) in [5, 5.41) is 3.78. The number of Topliss-reactive ketones (excluding diaryl/α,β-unsaturated/α-hetero) is 1. The van der Waals surface area contributed by atoms with Crippen LogP contribution in [-0.4, -0.2) is 29.2 Å². The van der Waals surface area contributed by atoms with E-state index in [0.717, 1.165) is 16.7 Å². The Morgan fingerprint density at radius 2 is 1.60 bits per heavy atom. The Labute approximate surface area is 240 Å². The number of hydrogen-bond acceptors (Lipinski definition) is 5. The molecule has 0 spiro atoms. The second-order valence-electron chi connectivity index (χ2n) is 11.6. The summed E-state index contributed by atoms with van der Waals surface area (Å²) < 4.78 is 6.24. The fraction of sp³-hybridized carbons (Fsp3) is 0.303. The summed E-state index contributed by atoms with van der Waals surface area (Å²) in [7, 11) is 0. The molecule has 206 valence electrons. The number of ether oxygens (including phenoxy) is 1. The molecule has 40 heavy (non-hydrogen) atoms. The molecule has 1 atom stereocenters. The topological polar surface area (TPSA) is 75.7 Å². The van der Waals surface area contributed by atoms with Crippen molar-refractivity contribution in [2.24, 2.45) is 0 Å². The minimum Gasteiger partial charge on any atom is -0.475 e. The van der Waals surface area contributed by atoms with E-state index in [2.05, 4.69) is 5.32 Å². The molecule has 2 aliphatic rings.